The number of nitrogens with one attached hydrogen (secondary N) is 1. The Morgan fingerprint density at radius 2 is 2.00 bits per heavy atom. The molecule has 1 aliphatic carbocycles. The number of hydrogen-bond donors (Lipinski definition) is 2. The van der Waals surface area contributed by atoms with Crippen molar-refractivity contribution < 1.29 is 9.90 Å². The zero-order valence-electron chi connectivity index (χ0n) is 10.2. The molecular formula is C14H19NO2. The van der Waals surface area contributed by atoms with Gasteiger partial charge in [-0.05, 0) is 30.9 Å². The normalized spacial score (nSPS) is 18.2. The van der Waals surface area contributed by atoms with Gasteiger partial charge in [0.05, 0.1) is 0 Å². The fraction of sp³-hybridized carbons (Fsp3) is 0.500. The first-order chi connectivity index (χ1) is 8.14. The predicted octanol–water partition coefficient (Wildman–Crippen LogP) is 2.48. The highest BCUT2D eigenvalue weighted by molar-refractivity contribution is 5.79. The highest BCUT2D eigenvalue weighted by Crippen LogP contribution is 2.30. The third-order valence-corrected chi connectivity index (χ3v) is 3.74. The van der Waals surface area contributed by atoms with Gasteiger partial charge in [-0.3, -0.25) is 10.1 Å². The molecule has 2 rings (SSSR count). The van der Waals surface area contributed by atoms with E-state index in [-0.39, 0.29) is 0 Å². The standard InChI is InChI=1S/C14H19NO2/c1-11-6-2-3-7-12(11)10-15-14(13(16)17)8-4-5-9-14/h2-3,6-7,15H,4-5,8-10H2,1H3,(H,16,17). The molecule has 3 heteroatoms. The first-order valence-electron chi connectivity index (χ1n) is 6.17. The molecule has 0 amide bonds. The molecule has 0 aromatic heterocycles. The van der Waals surface area contributed by atoms with Crippen LogP contribution in [0.3, 0.4) is 0 Å². The Labute approximate surface area is 102 Å². The topological polar surface area (TPSA) is 49.3 Å². The van der Waals surface area contributed by atoms with Crippen molar-refractivity contribution in [2.24, 2.45) is 0 Å². The van der Waals surface area contributed by atoms with Crippen molar-refractivity contribution in [1.82, 2.24) is 5.32 Å². The minimum Gasteiger partial charge on any atom is -0.480 e. The second kappa shape index (κ2) is 4.88. The van der Waals surface area contributed by atoms with Crippen molar-refractivity contribution in [3.63, 3.8) is 0 Å². The lowest BCUT2D eigenvalue weighted by molar-refractivity contribution is -0.144. The van der Waals surface area contributed by atoms with Gasteiger partial charge in [0, 0.05) is 6.54 Å². The summed E-state index contributed by atoms with van der Waals surface area (Å²) in [5, 5.41) is 12.6. The smallest absolute Gasteiger partial charge is 0.323 e. The van der Waals surface area contributed by atoms with Crippen LogP contribution >= 0.6 is 0 Å². The summed E-state index contributed by atoms with van der Waals surface area (Å²) in [6, 6.07) is 8.10. The Balaban J connectivity index is 2.06. The van der Waals surface area contributed by atoms with E-state index in [4.69, 9.17) is 0 Å². The van der Waals surface area contributed by atoms with Crippen LogP contribution in [0, 0.1) is 6.92 Å². The summed E-state index contributed by atoms with van der Waals surface area (Å²) >= 11 is 0. The van der Waals surface area contributed by atoms with Crippen LogP contribution in [0.5, 0.6) is 0 Å². The highest BCUT2D eigenvalue weighted by Gasteiger charge is 2.40. The summed E-state index contributed by atoms with van der Waals surface area (Å²) in [5.74, 6) is -0.705. The van der Waals surface area contributed by atoms with E-state index in [2.05, 4.69) is 18.3 Å². The summed E-state index contributed by atoms with van der Waals surface area (Å²) in [4.78, 5) is 11.4. The lowest BCUT2D eigenvalue weighted by Gasteiger charge is -2.25. The van der Waals surface area contributed by atoms with Crippen molar-refractivity contribution in [3.05, 3.63) is 35.4 Å². The molecule has 0 unspecified atom stereocenters. The largest absolute Gasteiger partial charge is 0.480 e. The summed E-state index contributed by atoms with van der Waals surface area (Å²) in [5.41, 5.74) is 1.70. The maximum atomic E-state index is 11.4. The maximum Gasteiger partial charge on any atom is 0.323 e. The fourth-order valence-corrected chi connectivity index (χ4v) is 2.52. The Morgan fingerprint density at radius 1 is 1.35 bits per heavy atom. The number of rotatable bonds is 4. The van der Waals surface area contributed by atoms with Crippen LogP contribution in [0.25, 0.3) is 0 Å². The number of hydrogen-bond acceptors (Lipinski definition) is 2. The second-order valence-corrected chi connectivity index (χ2v) is 4.87. The van der Waals surface area contributed by atoms with Gasteiger partial charge in [0.2, 0.25) is 0 Å². The SMILES string of the molecule is Cc1ccccc1CNC1(C(=O)O)CCCC1. The first-order valence-corrected chi connectivity index (χ1v) is 6.17. The van der Waals surface area contributed by atoms with Crippen LogP contribution in [0.1, 0.15) is 36.8 Å². The van der Waals surface area contributed by atoms with E-state index >= 15 is 0 Å². The van der Waals surface area contributed by atoms with Gasteiger partial charge in [0.15, 0.2) is 0 Å². The molecule has 0 bridgehead atoms. The van der Waals surface area contributed by atoms with E-state index in [0.29, 0.717) is 6.54 Å². The van der Waals surface area contributed by atoms with Gasteiger partial charge < -0.3 is 5.11 Å². The molecule has 1 fully saturated rings. The second-order valence-electron chi connectivity index (χ2n) is 4.87. The van der Waals surface area contributed by atoms with Gasteiger partial charge in [0.1, 0.15) is 5.54 Å². The van der Waals surface area contributed by atoms with Crippen molar-refractivity contribution in [2.45, 2.75) is 44.7 Å². The summed E-state index contributed by atoms with van der Waals surface area (Å²) in [6.07, 6.45) is 3.50. The van der Waals surface area contributed by atoms with Crippen molar-refractivity contribution in [3.8, 4) is 0 Å². The van der Waals surface area contributed by atoms with E-state index in [9.17, 15) is 9.90 Å². The van der Waals surface area contributed by atoms with Gasteiger partial charge in [-0.2, -0.15) is 0 Å². The average Bonchev–Trinajstić information content (AvgIpc) is 2.78. The number of aliphatic carboxylic acids is 1. The molecule has 2 N–H and O–H groups in total. The Hall–Kier alpha value is -1.35. The molecular weight excluding hydrogens is 214 g/mol. The zero-order valence-corrected chi connectivity index (χ0v) is 10.2. The summed E-state index contributed by atoms with van der Waals surface area (Å²) < 4.78 is 0. The van der Waals surface area contributed by atoms with Crippen LogP contribution in [-0.4, -0.2) is 16.6 Å². The quantitative estimate of drug-likeness (QED) is 0.840. The molecule has 1 aromatic rings. The third-order valence-electron chi connectivity index (χ3n) is 3.74. The summed E-state index contributed by atoms with van der Waals surface area (Å²) in [6.45, 7) is 2.69. The zero-order chi connectivity index (χ0) is 12.3. The van der Waals surface area contributed by atoms with Crippen LogP contribution < -0.4 is 5.32 Å². The lowest BCUT2D eigenvalue weighted by atomic mass is 9.97. The van der Waals surface area contributed by atoms with Crippen LogP contribution in [0.15, 0.2) is 24.3 Å². The van der Waals surface area contributed by atoms with E-state index in [1.54, 1.807) is 0 Å². The number of benzene rings is 1. The predicted molar refractivity (Wildman–Crippen MR) is 66.9 cm³/mol. The summed E-state index contributed by atoms with van der Waals surface area (Å²) in [7, 11) is 0. The van der Waals surface area contributed by atoms with E-state index < -0.39 is 11.5 Å². The lowest BCUT2D eigenvalue weighted by Crippen LogP contribution is -2.49. The Bertz CT molecular complexity index is 408. The molecule has 0 saturated heterocycles. The molecule has 0 aliphatic heterocycles. The van der Waals surface area contributed by atoms with E-state index in [1.807, 2.05) is 18.2 Å². The Kier molecular flexibility index (Phi) is 3.48. The average molecular weight is 233 g/mol. The van der Waals surface area contributed by atoms with Crippen molar-refractivity contribution in [2.75, 3.05) is 0 Å². The van der Waals surface area contributed by atoms with Gasteiger partial charge >= 0.3 is 5.97 Å². The fourth-order valence-electron chi connectivity index (χ4n) is 2.52. The van der Waals surface area contributed by atoms with Gasteiger partial charge in [-0.25, -0.2) is 0 Å². The molecule has 1 aliphatic rings. The molecule has 0 atom stereocenters. The monoisotopic (exact) mass is 233 g/mol. The number of carboxylic acid groups (broad SMARTS) is 1. The van der Waals surface area contributed by atoms with Gasteiger partial charge in [-0.15, -0.1) is 0 Å². The van der Waals surface area contributed by atoms with Crippen molar-refractivity contribution in [1.29, 1.82) is 0 Å². The minimum atomic E-state index is -0.705. The van der Waals surface area contributed by atoms with Crippen LogP contribution in [0.2, 0.25) is 0 Å². The minimum absolute atomic E-state index is 0.638. The molecule has 1 saturated carbocycles. The first kappa shape index (κ1) is 12.1. The van der Waals surface area contributed by atoms with Crippen molar-refractivity contribution >= 4 is 5.97 Å². The molecule has 0 spiro atoms. The van der Waals surface area contributed by atoms with E-state index in [1.165, 1.54) is 11.1 Å². The maximum absolute atomic E-state index is 11.4. The van der Waals surface area contributed by atoms with Gasteiger partial charge in [0.25, 0.3) is 0 Å². The third kappa shape index (κ3) is 2.50. The highest BCUT2D eigenvalue weighted by atomic mass is 16.4. The van der Waals surface area contributed by atoms with Crippen LogP contribution in [-0.2, 0) is 11.3 Å². The van der Waals surface area contributed by atoms with Gasteiger partial charge in [-0.1, -0.05) is 37.1 Å². The molecule has 3 nitrogen and oxygen atoms in total. The Morgan fingerprint density at radius 3 is 2.59 bits per heavy atom. The molecule has 92 valence electrons. The molecule has 17 heavy (non-hydrogen) atoms. The molecule has 0 heterocycles. The van der Waals surface area contributed by atoms with Crippen LogP contribution in [0.4, 0.5) is 0 Å². The molecule has 0 radical (unpaired) electrons. The number of aryl methyl sites for hydroxylation is 1. The molecule has 1 aromatic carbocycles. The van der Waals surface area contributed by atoms with E-state index in [0.717, 1.165) is 25.7 Å². The number of carboxylic acids is 1. The number of carbonyl (C=O) groups is 1.